The van der Waals surface area contributed by atoms with E-state index in [-0.39, 0.29) is 6.03 Å². The number of likely N-dealkylation sites (tertiary alicyclic amines) is 1. The van der Waals surface area contributed by atoms with E-state index in [9.17, 15) is 4.79 Å². The summed E-state index contributed by atoms with van der Waals surface area (Å²) in [4.78, 5) is 13.7. The number of carbonyl (C=O) groups is 1. The molecule has 2 heterocycles. The normalized spacial score (nSPS) is 20.6. The van der Waals surface area contributed by atoms with Gasteiger partial charge in [-0.2, -0.15) is 0 Å². The third-order valence-electron chi connectivity index (χ3n) is 4.02. The van der Waals surface area contributed by atoms with Crippen LogP contribution in [0.2, 0.25) is 0 Å². The van der Waals surface area contributed by atoms with Gasteiger partial charge in [0.25, 0.3) is 0 Å². The van der Waals surface area contributed by atoms with E-state index >= 15 is 0 Å². The first-order valence-corrected chi connectivity index (χ1v) is 7.21. The number of hydrogen-bond donors (Lipinski definition) is 1. The van der Waals surface area contributed by atoms with Crippen LogP contribution in [0, 0.1) is 0 Å². The standard InChI is InChI=1S/C13H21N5O/c1-2-14-13(19)17-7-5-10(6-8-17)12-16-15-9-18(12)11-3-4-11/h9-11H,2-8H2,1H3,(H,14,19). The van der Waals surface area contributed by atoms with E-state index in [1.165, 1.54) is 12.8 Å². The first-order valence-electron chi connectivity index (χ1n) is 7.21. The monoisotopic (exact) mass is 263 g/mol. The summed E-state index contributed by atoms with van der Waals surface area (Å²) >= 11 is 0. The molecule has 0 spiro atoms. The van der Waals surface area contributed by atoms with Crippen molar-refractivity contribution in [3.8, 4) is 0 Å². The van der Waals surface area contributed by atoms with Gasteiger partial charge in [-0.1, -0.05) is 0 Å². The van der Waals surface area contributed by atoms with Gasteiger partial charge in [0.15, 0.2) is 0 Å². The Morgan fingerprint density at radius 3 is 2.74 bits per heavy atom. The van der Waals surface area contributed by atoms with Crippen molar-refractivity contribution in [2.24, 2.45) is 0 Å². The van der Waals surface area contributed by atoms with Crippen LogP contribution in [0.5, 0.6) is 0 Å². The SMILES string of the molecule is CCNC(=O)N1CCC(c2nncn2C2CC2)CC1. The maximum atomic E-state index is 11.8. The van der Waals surface area contributed by atoms with Gasteiger partial charge in [0, 0.05) is 31.6 Å². The van der Waals surface area contributed by atoms with Crippen molar-refractivity contribution < 1.29 is 4.79 Å². The van der Waals surface area contributed by atoms with Crippen molar-refractivity contribution in [2.45, 2.75) is 44.6 Å². The second-order valence-corrected chi connectivity index (χ2v) is 5.42. The fourth-order valence-electron chi connectivity index (χ4n) is 2.78. The van der Waals surface area contributed by atoms with Crippen molar-refractivity contribution >= 4 is 6.03 Å². The fraction of sp³-hybridized carbons (Fsp3) is 0.769. The average Bonchev–Trinajstić information content (AvgIpc) is 3.17. The first kappa shape index (κ1) is 12.4. The second kappa shape index (κ2) is 5.19. The van der Waals surface area contributed by atoms with Gasteiger partial charge < -0.3 is 14.8 Å². The van der Waals surface area contributed by atoms with Gasteiger partial charge >= 0.3 is 6.03 Å². The van der Waals surface area contributed by atoms with E-state index in [0.717, 1.165) is 31.8 Å². The predicted molar refractivity (Wildman–Crippen MR) is 70.9 cm³/mol. The van der Waals surface area contributed by atoms with Crippen LogP contribution in [0.3, 0.4) is 0 Å². The van der Waals surface area contributed by atoms with Crippen molar-refractivity contribution in [1.29, 1.82) is 0 Å². The molecule has 1 aliphatic heterocycles. The van der Waals surface area contributed by atoms with Crippen LogP contribution in [0.1, 0.15) is 50.4 Å². The van der Waals surface area contributed by atoms with Gasteiger partial charge in [-0.25, -0.2) is 4.79 Å². The molecule has 1 saturated carbocycles. The molecule has 0 bridgehead atoms. The molecule has 3 rings (SSSR count). The molecule has 2 amide bonds. The molecule has 1 saturated heterocycles. The highest BCUT2D eigenvalue weighted by Crippen LogP contribution is 2.38. The minimum Gasteiger partial charge on any atom is -0.338 e. The van der Waals surface area contributed by atoms with E-state index in [2.05, 4.69) is 20.1 Å². The molecule has 1 aromatic heterocycles. The molecule has 0 radical (unpaired) electrons. The summed E-state index contributed by atoms with van der Waals surface area (Å²) in [6, 6.07) is 0.691. The Kier molecular flexibility index (Phi) is 3.40. The summed E-state index contributed by atoms with van der Waals surface area (Å²) in [5, 5.41) is 11.2. The number of hydrogen-bond acceptors (Lipinski definition) is 3. The maximum absolute atomic E-state index is 11.8. The molecule has 6 heteroatoms. The largest absolute Gasteiger partial charge is 0.338 e. The summed E-state index contributed by atoms with van der Waals surface area (Å²) in [7, 11) is 0. The van der Waals surface area contributed by atoms with Crippen LogP contribution >= 0.6 is 0 Å². The molecular weight excluding hydrogens is 242 g/mol. The first-order chi connectivity index (χ1) is 9.29. The van der Waals surface area contributed by atoms with Crippen LogP contribution < -0.4 is 5.32 Å². The van der Waals surface area contributed by atoms with Gasteiger partial charge in [-0.15, -0.1) is 10.2 Å². The van der Waals surface area contributed by atoms with Crippen LogP contribution in [-0.4, -0.2) is 45.3 Å². The van der Waals surface area contributed by atoms with Crippen molar-refractivity contribution in [3.63, 3.8) is 0 Å². The number of amides is 2. The summed E-state index contributed by atoms with van der Waals surface area (Å²) in [6.45, 7) is 4.26. The van der Waals surface area contributed by atoms with Crippen molar-refractivity contribution in [1.82, 2.24) is 25.0 Å². The minimum absolute atomic E-state index is 0.0598. The van der Waals surface area contributed by atoms with Gasteiger partial charge in [-0.3, -0.25) is 0 Å². The molecular formula is C13H21N5O. The zero-order valence-electron chi connectivity index (χ0n) is 11.4. The Morgan fingerprint density at radius 1 is 1.37 bits per heavy atom. The fourth-order valence-corrected chi connectivity index (χ4v) is 2.78. The lowest BCUT2D eigenvalue weighted by Crippen LogP contribution is -2.44. The maximum Gasteiger partial charge on any atom is 0.317 e. The van der Waals surface area contributed by atoms with Crippen molar-refractivity contribution in [2.75, 3.05) is 19.6 Å². The lowest BCUT2D eigenvalue weighted by Gasteiger charge is -2.31. The van der Waals surface area contributed by atoms with E-state index in [4.69, 9.17) is 0 Å². The zero-order valence-corrected chi connectivity index (χ0v) is 11.4. The van der Waals surface area contributed by atoms with Gasteiger partial charge in [0.2, 0.25) is 0 Å². The Labute approximate surface area is 113 Å². The number of piperidine rings is 1. The van der Waals surface area contributed by atoms with Gasteiger partial charge in [0.05, 0.1) is 0 Å². The Balaban J connectivity index is 1.60. The molecule has 6 nitrogen and oxygen atoms in total. The molecule has 1 aliphatic carbocycles. The van der Waals surface area contributed by atoms with E-state index in [1.54, 1.807) is 0 Å². The number of aromatic nitrogens is 3. The van der Waals surface area contributed by atoms with Crippen LogP contribution in [0.15, 0.2) is 6.33 Å². The molecule has 0 unspecified atom stereocenters. The molecule has 0 aromatic carbocycles. The average molecular weight is 263 g/mol. The van der Waals surface area contributed by atoms with E-state index in [0.29, 0.717) is 18.5 Å². The third-order valence-corrected chi connectivity index (χ3v) is 4.02. The van der Waals surface area contributed by atoms with E-state index in [1.807, 2.05) is 18.2 Å². The number of nitrogens with zero attached hydrogens (tertiary/aromatic N) is 4. The summed E-state index contributed by atoms with van der Waals surface area (Å²) in [6.07, 6.45) is 6.35. The number of urea groups is 1. The topological polar surface area (TPSA) is 63.1 Å². The molecule has 1 aromatic rings. The predicted octanol–water partition coefficient (Wildman–Crippen LogP) is 1.52. The van der Waals surface area contributed by atoms with Crippen LogP contribution in [-0.2, 0) is 0 Å². The molecule has 1 N–H and O–H groups in total. The number of carbonyl (C=O) groups excluding carboxylic acids is 1. The number of nitrogens with one attached hydrogen (secondary N) is 1. The third kappa shape index (κ3) is 2.57. The Hall–Kier alpha value is -1.59. The smallest absolute Gasteiger partial charge is 0.317 e. The highest BCUT2D eigenvalue weighted by Gasteiger charge is 2.31. The Morgan fingerprint density at radius 2 is 2.11 bits per heavy atom. The minimum atomic E-state index is 0.0598. The summed E-state index contributed by atoms with van der Waals surface area (Å²) in [5.74, 6) is 1.58. The Bertz CT molecular complexity index is 446. The second-order valence-electron chi connectivity index (χ2n) is 5.42. The van der Waals surface area contributed by atoms with Gasteiger partial charge in [0.1, 0.15) is 12.2 Å². The van der Waals surface area contributed by atoms with E-state index < -0.39 is 0 Å². The highest BCUT2D eigenvalue weighted by atomic mass is 16.2. The quantitative estimate of drug-likeness (QED) is 0.899. The summed E-state index contributed by atoms with van der Waals surface area (Å²) in [5.41, 5.74) is 0. The summed E-state index contributed by atoms with van der Waals surface area (Å²) < 4.78 is 2.24. The van der Waals surface area contributed by atoms with Gasteiger partial charge in [-0.05, 0) is 32.6 Å². The zero-order chi connectivity index (χ0) is 13.2. The lowest BCUT2D eigenvalue weighted by molar-refractivity contribution is 0.180. The molecule has 2 aliphatic rings. The highest BCUT2D eigenvalue weighted by molar-refractivity contribution is 5.74. The van der Waals surface area contributed by atoms with Crippen LogP contribution in [0.25, 0.3) is 0 Å². The molecule has 2 fully saturated rings. The number of rotatable bonds is 3. The van der Waals surface area contributed by atoms with Crippen LogP contribution in [0.4, 0.5) is 4.79 Å². The molecule has 0 atom stereocenters. The van der Waals surface area contributed by atoms with Crippen molar-refractivity contribution in [3.05, 3.63) is 12.2 Å². The molecule has 19 heavy (non-hydrogen) atoms. The lowest BCUT2D eigenvalue weighted by atomic mass is 9.96. The molecule has 104 valence electrons.